The number of piperidine rings is 1. The third-order valence-electron chi connectivity index (χ3n) is 18.4. The van der Waals surface area contributed by atoms with Crippen LogP contribution < -0.4 is 9.47 Å². The van der Waals surface area contributed by atoms with Crippen molar-refractivity contribution in [3.63, 3.8) is 0 Å². The van der Waals surface area contributed by atoms with E-state index in [-0.39, 0.29) is 23.0 Å². The van der Waals surface area contributed by atoms with Crippen LogP contribution in [0.1, 0.15) is 112 Å². The molecule has 0 aromatic heterocycles. The Balaban J connectivity index is 0.754. The van der Waals surface area contributed by atoms with Crippen LogP contribution in [0.2, 0.25) is 0 Å². The molecule has 3 aromatic rings. The van der Waals surface area contributed by atoms with Gasteiger partial charge in [-0.15, -0.1) is 0 Å². The molecule has 0 spiro atoms. The highest BCUT2D eigenvalue weighted by atomic mass is 16.6. The summed E-state index contributed by atoms with van der Waals surface area (Å²) in [4.78, 5) is 2.88. The molecule has 5 saturated heterocycles. The first-order chi connectivity index (χ1) is 28.7. The van der Waals surface area contributed by atoms with Gasteiger partial charge < -0.3 is 23.7 Å². The molecule has 3 aromatic carbocycles. The Kier molecular flexibility index (Phi) is 9.19. The molecule has 314 valence electrons. The summed E-state index contributed by atoms with van der Waals surface area (Å²) in [7, 11) is 0. The molecular weight excluding hydrogens is 731 g/mol. The summed E-state index contributed by atoms with van der Waals surface area (Å²) in [5.41, 5.74) is 8.02. The highest BCUT2D eigenvalue weighted by molar-refractivity contribution is 5.43. The van der Waals surface area contributed by atoms with E-state index >= 15 is 0 Å². The largest absolute Gasteiger partial charge is 0.491 e. The molecule has 15 atom stereocenters. The lowest BCUT2D eigenvalue weighted by atomic mass is 9.68. The molecule has 4 saturated carbocycles. The molecule has 6 nitrogen and oxygen atoms in total. The first-order valence-electron chi connectivity index (χ1n) is 23.8. The molecule has 9 aliphatic rings. The van der Waals surface area contributed by atoms with E-state index in [2.05, 4.69) is 99.3 Å². The van der Waals surface area contributed by atoms with Crippen LogP contribution in [0.4, 0.5) is 0 Å². The summed E-state index contributed by atoms with van der Waals surface area (Å²) < 4.78 is 29.2. The van der Waals surface area contributed by atoms with Crippen molar-refractivity contribution in [2.75, 3.05) is 46.1 Å². The summed E-state index contributed by atoms with van der Waals surface area (Å²) >= 11 is 0. The number of ether oxygens (including phenoxy) is 5. The molecule has 59 heavy (non-hydrogen) atoms. The van der Waals surface area contributed by atoms with Crippen molar-refractivity contribution >= 4 is 0 Å². The number of epoxide rings is 3. The average molecular weight is 798 g/mol. The average Bonchev–Trinajstić information content (AvgIpc) is 4.18. The fraction of sp³-hybridized carbons (Fsp3) is 0.660. The summed E-state index contributed by atoms with van der Waals surface area (Å²) in [5, 5.41) is 0. The lowest BCUT2D eigenvalue weighted by Crippen LogP contribution is -2.36. The van der Waals surface area contributed by atoms with Gasteiger partial charge in [0.25, 0.3) is 0 Å². The topological polar surface area (TPSA) is 59.3 Å². The third kappa shape index (κ3) is 6.80. The Labute approximate surface area is 353 Å². The van der Waals surface area contributed by atoms with Gasteiger partial charge in [-0.2, -0.15) is 0 Å². The van der Waals surface area contributed by atoms with E-state index in [1.54, 1.807) is 16.7 Å². The summed E-state index contributed by atoms with van der Waals surface area (Å²) in [6.45, 7) is 16.7. The van der Waals surface area contributed by atoms with Crippen LogP contribution in [-0.4, -0.2) is 75.4 Å². The van der Waals surface area contributed by atoms with E-state index in [4.69, 9.17) is 23.7 Å². The molecule has 15 unspecified atom stereocenters. The van der Waals surface area contributed by atoms with E-state index in [0.717, 1.165) is 85.7 Å². The molecule has 0 N–H and O–H groups in total. The monoisotopic (exact) mass is 798 g/mol. The maximum absolute atomic E-state index is 6.37. The number of rotatable bonds is 15. The SMILES string of the molecule is CC(C)(c1ccc(C2CC3CC2C2CC(C(C)(C)c4ccccc4OCC4CO4)CC32)cc1CCC1CO1)C1CC2C3CN(CC3c3cccc(OCC4CO4)c3)C2C1. The van der Waals surface area contributed by atoms with Crippen LogP contribution in [-0.2, 0) is 31.5 Å². The van der Waals surface area contributed by atoms with Gasteiger partial charge in [0, 0.05) is 30.6 Å². The van der Waals surface area contributed by atoms with Gasteiger partial charge in [0.2, 0.25) is 0 Å². The molecular formula is C53H67NO5. The van der Waals surface area contributed by atoms with E-state index in [1.807, 2.05) is 0 Å². The molecule has 5 heterocycles. The Morgan fingerprint density at radius 2 is 1.31 bits per heavy atom. The molecule has 5 aliphatic heterocycles. The summed E-state index contributed by atoms with van der Waals surface area (Å²) in [6.07, 6.45) is 11.6. The fourth-order valence-electron chi connectivity index (χ4n) is 14.8. The molecule has 4 aliphatic carbocycles. The second-order valence-electron chi connectivity index (χ2n) is 22.1. The van der Waals surface area contributed by atoms with Crippen LogP contribution in [0.5, 0.6) is 11.5 Å². The van der Waals surface area contributed by atoms with E-state index < -0.39 is 0 Å². The Morgan fingerprint density at radius 3 is 2.12 bits per heavy atom. The van der Waals surface area contributed by atoms with Crippen LogP contribution in [0, 0.1) is 47.3 Å². The zero-order valence-electron chi connectivity index (χ0n) is 36.0. The lowest BCUT2D eigenvalue weighted by molar-refractivity contribution is 0.205. The zero-order chi connectivity index (χ0) is 39.6. The lowest BCUT2D eigenvalue weighted by Gasteiger charge is -2.37. The van der Waals surface area contributed by atoms with Crippen molar-refractivity contribution in [1.29, 1.82) is 0 Å². The maximum atomic E-state index is 6.37. The number of hydrogen-bond acceptors (Lipinski definition) is 6. The van der Waals surface area contributed by atoms with Crippen molar-refractivity contribution in [3.8, 4) is 11.5 Å². The predicted octanol–water partition coefficient (Wildman–Crippen LogP) is 9.72. The van der Waals surface area contributed by atoms with Gasteiger partial charge >= 0.3 is 0 Å². The second-order valence-corrected chi connectivity index (χ2v) is 22.1. The predicted molar refractivity (Wildman–Crippen MR) is 230 cm³/mol. The molecule has 0 amide bonds. The van der Waals surface area contributed by atoms with Crippen molar-refractivity contribution < 1.29 is 23.7 Å². The maximum Gasteiger partial charge on any atom is 0.123 e. The second kappa shape index (κ2) is 14.3. The van der Waals surface area contributed by atoms with Crippen molar-refractivity contribution in [2.24, 2.45) is 47.3 Å². The van der Waals surface area contributed by atoms with Crippen LogP contribution in [0.3, 0.4) is 0 Å². The molecule has 4 bridgehead atoms. The summed E-state index contributed by atoms with van der Waals surface area (Å²) in [5.74, 6) is 9.82. The van der Waals surface area contributed by atoms with Gasteiger partial charge in [0.15, 0.2) is 0 Å². The highest BCUT2D eigenvalue weighted by Gasteiger charge is 2.59. The van der Waals surface area contributed by atoms with Crippen LogP contribution in [0.25, 0.3) is 0 Å². The van der Waals surface area contributed by atoms with Crippen molar-refractivity contribution in [2.45, 2.75) is 126 Å². The van der Waals surface area contributed by atoms with E-state index in [9.17, 15) is 0 Å². The normalized spacial score (nSPS) is 39.7. The molecule has 6 heteroatoms. The highest BCUT2D eigenvalue weighted by Crippen LogP contribution is 2.67. The van der Waals surface area contributed by atoms with Gasteiger partial charge in [-0.05, 0) is 156 Å². The number of para-hydroxylation sites is 1. The molecule has 0 radical (unpaired) electrons. The Bertz CT molecular complexity index is 2050. The van der Waals surface area contributed by atoms with Gasteiger partial charge in [-0.1, -0.05) is 76.2 Å². The minimum atomic E-state index is 0.0903. The molecule has 12 rings (SSSR count). The number of aryl methyl sites for hydroxylation is 1. The van der Waals surface area contributed by atoms with E-state index in [1.165, 1.54) is 62.7 Å². The number of benzene rings is 3. The smallest absolute Gasteiger partial charge is 0.123 e. The van der Waals surface area contributed by atoms with Gasteiger partial charge in [-0.3, -0.25) is 4.90 Å². The number of nitrogens with zero attached hydrogens (tertiary/aromatic N) is 1. The van der Waals surface area contributed by atoms with Gasteiger partial charge in [-0.25, -0.2) is 0 Å². The molecule has 9 fully saturated rings. The zero-order valence-corrected chi connectivity index (χ0v) is 36.0. The first-order valence-corrected chi connectivity index (χ1v) is 23.8. The van der Waals surface area contributed by atoms with Crippen LogP contribution in [0.15, 0.2) is 66.7 Å². The standard InChI is InChI=1S/C53H67NO5/c1-52(2,36-22-45-47-25-54(50(45)23-36)24-46(47)31-8-7-9-37(17-31)55-27-39-28-57-39)48-15-13-32(16-33(48)12-14-38-26-56-38)41-18-34-19-43(41)44-21-35(20-42(34)44)53(3,4)49-10-5-6-11-51(49)59-30-40-29-58-40/h5-11,13,15-17,34-36,38-47,50H,12,14,18-30H2,1-4H3. The van der Waals surface area contributed by atoms with Gasteiger partial charge in [0.05, 0.1) is 25.9 Å². The minimum absolute atomic E-state index is 0.0903. The van der Waals surface area contributed by atoms with E-state index in [0.29, 0.717) is 43.0 Å². The Hall–Kier alpha value is -2.90. The number of fused-ring (bicyclic) bond motifs is 10. The minimum Gasteiger partial charge on any atom is -0.491 e. The summed E-state index contributed by atoms with van der Waals surface area (Å²) in [6, 6.07) is 26.6. The third-order valence-corrected chi connectivity index (χ3v) is 18.4. The quantitative estimate of drug-likeness (QED) is 0.143. The number of hydrogen-bond donors (Lipinski definition) is 0. The van der Waals surface area contributed by atoms with Crippen molar-refractivity contribution in [1.82, 2.24) is 4.90 Å². The van der Waals surface area contributed by atoms with Crippen molar-refractivity contribution in [3.05, 3.63) is 94.5 Å². The van der Waals surface area contributed by atoms with Crippen LogP contribution >= 0.6 is 0 Å². The first kappa shape index (κ1) is 37.8. The Morgan fingerprint density at radius 1 is 0.593 bits per heavy atom. The van der Waals surface area contributed by atoms with Gasteiger partial charge in [0.1, 0.15) is 36.9 Å². The fourth-order valence-corrected chi connectivity index (χ4v) is 14.8.